The minimum Gasteiger partial charge on any atom is -0.486 e. The Morgan fingerprint density at radius 3 is 2.67 bits per heavy atom. The number of nitrogens with zero attached hydrogens (tertiary/aromatic N) is 1. The van der Waals surface area contributed by atoms with Crippen molar-refractivity contribution < 1.29 is 28.1 Å². The maximum atomic E-state index is 15.7. The molecule has 0 saturated heterocycles. The van der Waals surface area contributed by atoms with Crippen LogP contribution < -0.4 is 9.47 Å². The Bertz CT molecular complexity index is 1430. The smallest absolute Gasteiger partial charge is 0.352 e. The average Bonchev–Trinajstić information content (AvgIpc) is 3.55. The van der Waals surface area contributed by atoms with Crippen LogP contribution in [-0.4, -0.2) is 18.1 Å². The first kappa shape index (κ1) is 28.3. The van der Waals surface area contributed by atoms with Gasteiger partial charge in [0.25, 0.3) is 0 Å². The Morgan fingerprint density at radius 1 is 1.18 bits per heavy atom. The van der Waals surface area contributed by atoms with E-state index in [4.69, 9.17) is 21.1 Å². The average molecular weight is 570 g/mol. The molecule has 5 nitrogen and oxygen atoms in total. The summed E-state index contributed by atoms with van der Waals surface area (Å²) in [4.78, 5) is 19.9. The first-order valence-electron chi connectivity index (χ1n) is 13.7. The molecule has 0 radical (unpaired) electrons. The van der Waals surface area contributed by atoms with Gasteiger partial charge in [-0.3, -0.25) is 4.94 Å². The number of methoxy groups -OCH3 is 1. The predicted molar refractivity (Wildman–Crippen MR) is 150 cm³/mol. The fraction of sp³-hybridized carbons (Fsp3) is 0.438. The molecule has 0 bridgehead atoms. The molecule has 0 N–H and O–H groups in total. The molecule has 2 unspecified atom stereocenters. The van der Waals surface area contributed by atoms with Crippen molar-refractivity contribution in [1.29, 1.82) is 0 Å². The van der Waals surface area contributed by atoms with Crippen LogP contribution in [0.1, 0.15) is 80.5 Å². The number of pyridine rings is 1. The summed E-state index contributed by atoms with van der Waals surface area (Å²) in [6.45, 7) is 6.29. The molecule has 2 aliphatic rings. The highest BCUT2D eigenvalue weighted by molar-refractivity contribution is 6.33. The number of halogens is 3. The Hall–Kier alpha value is -3.19. The van der Waals surface area contributed by atoms with Gasteiger partial charge in [-0.05, 0) is 71.4 Å². The fourth-order valence-electron chi connectivity index (χ4n) is 6.53. The molecule has 212 valence electrons. The third-order valence-electron chi connectivity index (χ3n) is 8.81. The van der Waals surface area contributed by atoms with Crippen LogP contribution in [0.15, 0.2) is 42.5 Å². The maximum Gasteiger partial charge on any atom is 0.352 e. The van der Waals surface area contributed by atoms with Gasteiger partial charge in [-0.15, -0.1) is 0 Å². The van der Waals surface area contributed by atoms with Crippen LogP contribution in [0.5, 0.6) is 11.6 Å². The lowest BCUT2D eigenvalue weighted by Gasteiger charge is -2.29. The van der Waals surface area contributed by atoms with Gasteiger partial charge >= 0.3 is 5.97 Å². The van der Waals surface area contributed by atoms with Crippen molar-refractivity contribution >= 4 is 17.6 Å². The van der Waals surface area contributed by atoms with Gasteiger partial charge in [0.05, 0.1) is 23.7 Å². The molecule has 8 heteroatoms. The number of hydrogen-bond donors (Lipinski definition) is 0. The second kappa shape index (κ2) is 11.4. The predicted octanol–water partition coefficient (Wildman–Crippen LogP) is 8.52. The highest BCUT2D eigenvalue weighted by Gasteiger charge is 2.38. The monoisotopic (exact) mass is 569 g/mol. The molecule has 1 aromatic heterocycles. The van der Waals surface area contributed by atoms with Gasteiger partial charge in [-0.2, -0.15) is 0 Å². The summed E-state index contributed by atoms with van der Waals surface area (Å²) in [5.41, 5.74) is 4.98. The van der Waals surface area contributed by atoms with Crippen LogP contribution in [0, 0.1) is 17.2 Å². The first-order valence-corrected chi connectivity index (χ1v) is 14.1. The van der Waals surface area contributed by atoms with E-state index in [0.717, 1.165) is 41.5 Å². The number of fused-ring (bicyclic) bond motifs is 1. The molecule has 3 aromatic rings. The van der Waals surface area contributed by atoms with Crippen molar-refractivity contribution in [3.63, 3.8) is 0 Å². The Balaban J connectivity index is 1.46. The molecular weight excluding hydrogens is 536 g/mol. The van der Waals surface area contributed by atoms with E-state index in [2.05, 4.69) is 29.8 Å². The minimum absolute atomic E-state index is 0.0954. The quantitative estimate of drug-likeness (QED) is 0.272. The molecule has 2 aromatic carbocycles. The third kappa shape index (κ3) is 5.28. The zero-order valence-corrected chi connectivity index (χ0v) is 24.0. The minimum atomic E-state index is -0.989. The van der Waals surface area contributed by atoms with Gasteiger partial charge in [-0.25, -0.2) is 14.2 Å². The van der Waals surface area contributed by atoms with Gasteiger partial charge in [0.1, 0.15) is 6.61 Å². The summed E-state index contributed by atoms with van der Waals surface area (Å²) in [6, 6.07) is 13.1. The molecule has 2 aliphatic carbocycles. The first-order chi connectivity index (χ1) is 19.1. The number of carbonyl (C=O) groups excluding carboxylic acids is 1. The van der Waals surface area contributed by atoms with E-state index < -0.39 is 23.6 Å². The van der Waals surface area contributed by atoms with Crippen molar-refractivity contribution in [2.75, 3.05) is 7.11 Å². The van der Waals surface area contributed by atoms with Crippen molar-refractivity contribution in [1.82, 2.24) is 4.98 Å². The second-order valence-electron chi connectivity index (χ2n) is 11.6. The van der Waals surface area contributed by atoms with Gasteiger partial charge in [0.15, 0.2) is 11.6 Å². The molecule has 0 spiro atoms. The zero-order valence-electron chi connectivity index (χ0n) is 23.2. The fourth-order valence-corrected chi connectivity index (χ4v) is 6.74. The van der Waals surface area contributed by atoms with Crippen molar-refractivity contribution in [2.45, 2.75) is 71.3 Å². The van der Waals surface area contributed by atoms with Crippen LogP contribution in [-0.2, 0) is 22.8 Å². The van der Waals surface area contributed by atoms with Gasteiger partial charge in [0, 0.05) is 22.1 Å². The normalized spacial score (nSPS) is 20.2. The highest BCUT2D eigenvalue weighted by atomic mass is 35.5. The van der Waals surface area contributed by atoms with Gasteiger partial charge in [-0.1, -0.05) is 63.1 Å². The summed E-state index contributed by atoms with van der Waals surface area (Å²) < 4.78 is 39.6. The summed E-state index contributed by atoms with van der Waals surface area (Å²) in [5.74, 6) is -1.86. The topological polar surface area (TPSA) is 57.7 Å². The molecule has 1 heterocycles. The number of benzene rings is 2. The molecule has 3 atom stereocenters. The van der Waals surface area contributed by atoms with Crippen LogP contribution in [0.2, 0.25) is 5.02 Å². The Labute approximate surface area is 238 Å². The standard InChI is InChI=1S/C32H34ClF2NO4/c1-18(31(37)40-35)21-11-8-20-9-13-26(29(34)28(20)21)39-17-19-7-10-22(30-25(33)12-14-27(36-30)38-4)23(16-19)24-6-5-15-32(24,2)3/h7,9-10,12-14,16,18,21,24H,5-6,8,11,15,17H2,1-4H3/t18-,21?,24?/m0/s1. The Morgan fingerprint density at radius 2 is 1.98 bits per heavy atom. The summed E-state index contributed by atoms with van der Waals surface area (Å²) >= 11 is 6.61. The number of hydrogen-bond acceptors (Lipinski definition) is 5. The van der Waals surface area contributed by atoms with E-state index in [0.29, 0.717) is 40.9 Å². The van der Waals surface area contributed by atoms with E-state index in [1.807, 2.05) is 18.2 Å². The van der Waals surface area contributed by atoms with E-state index >= 15 is 4.39 Å². The number of ether oxygens (including phenoxy) is 2. The largest absolute Gasteiger partial charge is 0.486 e. The van der Waals surface area contributed by atoms with E-state index in [1.54, 1.807) is 32.2 Å². The van der Waals surface area contributed by atoms with Crippen LogP contribution >= 0.6 is 11.6 Å². The second-order valence-corrected chi connectivity index (χ2v) is 12.0. The molecule has 1 saturated carbocycles. The van der Waals surface area contributed by atoms with Crippen LogP contribution in [0.3, 0.4) is 0 Å². The molecule has 5 rings (SSSR count). The molecule has 0 amide bonds. The molecule has 1 fully saturated rings. The molecule has 0 aliphatic heterocycles. The number of carbonyl (C=O) groups is 1. The zero-order chi connectivity index (χ0) is 28.6. The lowest BCUT2D eigenvalue weighted by atomic mass is 9.75. The molecule has 40 heavy (non-hydrogen) atoms. The van der Waals surface area contributed by atoms with E-state index in [1.165, 1.54) is 0 Å². The maximum absolute atomic E-state index is 15.7. The molecular formula is C32H34ClF2NO4. The van der Waals surface area contributed by atoms with Gasteiger partial charge in [0.2, 0.25) is 5.88 Å². The lowest BCUT2D eigenvalue weighted by Crippen LogP contribution is -2.19. The highest BCUT2D eigenvalue weighted by Crippen LogP contribution is 2.51. The van der Waals surface area contributed by atoms with Crippen molar-refractivity contribution in [3.8, 4) is 22.9 Å². The van der Waals surface area contributed by atoms with Crippen LogP contribution in [0.25, 0.3) is 11.3 Å². The number of rotatable bonds is 8. The SMILES string of the molecule is COc1ccc(Cl)c(-c2ccc(COc3ccc4c(c3F)C([C@H](C)C(=O)OF)CC4)cc2C2CCCC2(C)C)n1. The third-order valence-corrected chi connectivity index (χ3v) is 9.11. The van der Waals surface area contributed by atoms with Crippen molar-refractivity contribution in [3.05, 3.63) is 75.6 Å². The Kier molecular flexibility index (Phi) is 8.05. The van der Waals surface area contributed by atoms with E-state index in [-0.39, 0.29) is 17.8 Å². The summed E-state index contributed by atoms with van der Waals surface area (Å²) in [7, 11) is 1.58. The summed E-state index contributed by atoms with van der Waals surface area (Å²) in [5, 5.41) is 0.544. The van der Waals surface area contributed by atoms with Crippen LogP contribution in [0.4, 0.5) is 8.92 Å². The number of aromatic nitrogens is 1. The lowest BCUT2D eigenvalue weighted by molar-refractivity contribution is -0.189. The van der Waals surface area contributed by atoms with E-state index in [9.17, 15) is 9.32 Å². The van der Waals surface area contributed by atoms with Crippen molar-refractivity contribution in [2.24, 2.45) is 11.3 Å². The summed E-state index contributed by atoms with van der Waals surface area (Å²) in [6.07, 6.45) is 4.46. The number of aryl methyl sites for hydroxylation is 1. The van der Waals surface area contributed by atoms with Gasteiger partial charge < -0.3 is 9.47 Å².